The molecule has 4 unspecified atom stereocenters. The summed E-state index contributed by atoms with van der Waals surface area (Å²) in [6.45, 7) is 9.58. The Morgan fingerprint density at radius 1 is 1.43 bits per heavy atom. The highest BCUT2D eigenvalue weighted by Crippen LogP contribution is 2.30. The smallest absolute Gasteiger partial charge is 0.241 e. The van der Waals surface area contributed by atoms with Crippen molar-refractivity contribution in [3.8, 4) is 0 Å². The number of hydrogen-bond acceptors (Lipinski definition) is 4. The average molecular weight is 310 g/mol. The zero-order valence-corrected chi connectivity index (χ0v) is 14.2. The highest BCUT2D eigenvalue weighted by Gasteiger charge is 2.42. The van der Waals surface area contributed by atoms with E-state index < -0.39 is 0 Å². The first-order valence-electron chi connectivity index (χ1n) is 7.78. The van der Waals surface area contributed by atoms with Crippen molar-refractivity contribution in [1.29, 1.82) is 0 Å². The highest BCUT2D eigenvalue weighted by molar-refractivity contribution is 7.07. The van der Waals surface area contributed by atoms with Crippen molar-refractivity contribution in [3.05, 3.63) is 22.4 Å². The van der Waals surface area contributed by atoms with Crippen molar-refractivity contribution in [3.63, 3.8) is 0 Å². The lowest BCUT2D eigenvalue weighted by molar-refractivity contribution is -0.132. The van der Waals surface area contributed by atoms with E-state index in [-0.39, 0.29) is 24.2 Å². The summed E-state index contributed by atoms with van der Waals surface area (Å²) in [5.41, 5.74) is 1.17. The molecule has 1 fully saturated rings. The molecule has 4 nitrogen and oxygen atoms in total. The number of nitrogens with zero attached hydrogens (tertiary/aromatic N) is 1. The maximum atomic E-state index is 12.8. The van der Waals surface area contributed by atoms with Gasteiger partial charge in [0.15, 0.2) is 0 Å². The van der Waals surface area contributed by atoms with Gasteiger partial charge in [-0.2, -0.15) is 11.3 Å². The molecule has 1 aliphatic rings. The van der Waals surface area contributed by atoms with Gasteiger partial charge in [-0.25, -0.2) is 0 Å². The topological polar surface area (TPSA) is 41.6 Å². The van der Waals surface area contributed by atoms with Crippen LogP contribution in [0.25, 0.3) is 0 Å². The van der Waals surface area contributed by atoms with E-state index in [4.69, 9.17) is 4.74 Å². The molecule has 0 aliphatic carbocycles. The van der Waals surface area contributed by atoms with Gasteiger partial charge in [0, 0.05) is 13.2 Å². The SMILES string of the molecule is CCOC(C)CN1C(=O)C(C(C)CC)NC1c1ccsc1. The number of amides is 1. The van der Waals surface area contributed by atoms with Gasteiger partial charge in [0.05, 0.1) is 12.1 Å². The lowest BCUT2D eigenvalue weighted by Crippen LogP contribution is -2.38. The Morgan fingerprint density at radius 2 is 2.19 bits per heavy atom. The molecule has 5 heteroatoms. The molecule has 1 aromatic rings. The molecule has 0 bridgehead atoms. The Balaban J connectivity index is 2.17. The van der Waals surface area contributed by atoms with E-state index in [1.807, 2.05) is 18.7 Å². The fourth-order valence-electron chi connectivity index (χ4n) is 2.80. The number of carbonyl (C=O) groups is 1. The Hall–Kier alpha value is -0.910. The van der Waals surface area contributed by atoms with Crippen LogP contribution in [0.4, 0.5) is 0 Å². The van der Waals surface area contributed by atoms with E-state index in [0.29, 0.717) is 19.1 Å². The second-order valence-corrected chi connectivity index (χ2v) is 6.53. The van der Waals surface area contributed by atoms with Crippen molar-refractivity contribution >= 4 is 17.2 Å². The lowest BCUT2D eigenvalue weighted by atomic mass is 9.99. The second kappa shape index (κ2) is 7.38. The summed E-state index contributed by atoms with van der Waals surface area (Å²) in [5.74, 6) is 0.540. The van der Waals surface area contributed by atoms with Gasteiger partial charge < -0.3 is 9.64 Å². The third kappa shape index (κ3) is 3.65. The van der Waals surface area contributed by atoms with Gasteiger partial charge in [-0.1, -0.05) is 20.3 Å². The molecule has 1 amide bonds. The summed E-state index contributed by atoms with van der Waals surface area (Å²) in [4.78, 5) is 14.7. The molecule has 1 N–H and O–H groups in total. The summed E-state index contributed by atoms with van der Waals surface area (Å²) >= 11 is 1.67. The first-order chi connectivity index (χ1) is 10.1. The van der Waals surface area contributed by atoms with Crippen molar-refractivity contribution in [1.82, 2.24) is 10.2 Å². The minimum atomic E-state index is -0.0891. The van der Waals surface area contributed by atoms with E-state index in [1.165, 1.54) is 5.56 Å². The van der Waals surface area contributed by atoms with E-state index in [9.17, 15) is 4.79 Å². The van der Waals surface area contributed by atoms with Crippen LogP contribution in [0.5, 0.6) is 0 Å². The number of thiophene rings is 1. The molecule has 0 saturated carbocycles. The predicted octanol–water partition coefficient (Wildman–Crippen LogP) is 3.02. The molecule has 0 spiro atoms. The van der Waals surface area contributed by atoms with Crippen LogP contribution < -0.4 is 5.32 Å². The molecule has 0 radical (unpaired) electrons. The number of nitrogens with one attached hydrogen (secondary N) is 1. The fourth-order valence-corrected chi connectivity index (χ4v) is 3.48. The van der Waals surface area contributed by atoms with Crippen LogP contribution >= 0.6 is 11.3 Å². The van der Waals surface area contributed by atoms with Crippen LogP contribution in [-0.4, -0.2) is 36.1 Å². The Bertz CT molecular complexity index is 449. The lowest BCUT2D eigenvalue weighted by Gasteiger charge is -2.26. The summed E-state index contributed by atoms with van der Waals surface area (Å²) < 4.78 is 5.62. The van der Waals surface area contributed by atoms with Gasteiger partial charge in [-0.05, 0) is 42.2 Å². The van der Waals surface area contributed by atoms with Gasteiger partial charge in [0.1, 0.15) is 6.17 Å². The predicted molar refractivity (Wildman–Crippen MR) is 86.2 cm³/mol. The molecule has 2 rings (SSSR count). The summed E-state index contributed by atoms with van der Waals surface area (Å²) in [6, 6.07) is 2.00. The first-order valence-corrected chi connectivity index (χ1v) is 8.72. The van der Waals surface area contributed by atoms with Gasteiger partial charge in [0.2, 0.25) is 5.91 Å². The summed E-state index contributed by atoms with van der Waals surface area (Å²) in [5, 5.41) is 7.69. The summed E-state index contributed by atoms with van der Waals surface area (Å²) in [6.07, 6.45) is 1.03. The minimum absolute atomic E-state index is 0.0225. The highest BCUT2D eigenvalue weighted by atomic mass is 32.1. The molecule has 0 aromatic carbocycles. The van der Waals surface area contributed by atoms with E-state index in [1.54, 1.807) is 11.3 Å². The van der Waals surface area contributed by atoms with Crippen molar-refractivity contribution < 1.29 is 9.53 Å². The quantitative estimate of drug-likeness (QED) is 0.842. The minimum Gasteiger partial charge on any atom is -0.377 e. The normalized spacial score (nSPS) is 25.3. The molecule has 2 heterocycles. The largest absolute Gasteiger partial charge is 0.377 e. The molecule has 4 atom stereocenters. The number of hydrogen-bond donors (Lipinski definition) is 1. The Labute approximate surface area is 131 Å². The van der Waals surface area contributed by atoms with E-state index in [0.717, 1.165) is 6.42 Å². The molecule has 1 aromatic heterocycles. The molecule has 1 saturated heterocycles. The van der Waals surface area contributed by atoms with Crippen LogP contribution in [0.1, 0.15) is 45.8 Å². The summed E-state index contributed by atoms with van der Waals surface area (Å²) in [7, 11) is 0. The fraction of sp³-hybridized carbons (Fsp3) is 0.688. The number of rotatable bonds is 7. The molecular formula is C16H26N2O2S. The Morgan fingerprint density at radius 3 is 2.76 bits per heavy atom. The van der Waals surface area contributed by atoms with Crippen LogP contribution in [0, 0.1) is 5.92 Å². The van der Waals surface area contributed by atoms with Gasteiger partial charge >= 0.3 is 0 Å². The van der Waals surface area contributed by atoms with Crippen LogP contribution in [0.15, 0.2) is 16.8 Å². The molecule has 21 heavy (non-hydrogen) atoms. The third-order valence-electron chi connectivity index (χ3n) is 4.18. The second-order valence-electron chi connectivity index (χ2n) is 5.75. The number of carbonyl (C=O) groups excluding carboxylic acids is 1. The van der Waals surface area contributed by atoms with Crippen LogP contribution in [0.3, 0.4) is 0 Å². The maximum absolute atomic E-state index is 12.8. The van der Waals surface area contributed by atoms with Crippen molar-refractivity contribution in [2.45, 2.75) is 52.4 Å². The Kier molecular flexibility index (Phi) is 5.79. The van der Waals surface area contributed by atoms with Crippen LogP contribution in [-0.2, 0) is 9.53 Å². The van der Waals surface area contributed by atoms with E-state index in [2.05, 4.69) is 36.0 Å². The van der Waals surface area contributed by atoms with E-state index >= 15 is 0 Å². The van der Waals surface area contributed by atoms with Crippen molar-refractivity contribution in [2.75, 3.05) is 13.2 Å². The molecule has 1 aliphatic heterocycles. The monoisotopic (exact) mass is 310 g/mol. The zero-order chi connectivity index (χ0) is 15.4. The van der Waals surface area contributed by atoms with Crippen LogP contribution in [0.2, 0.25) is 0 Å². The standard InChI is InChI=1S/C16H26N2O2S/c1-5-11(3)14-16(19)18(9-12(4)20-6-2)15(17-14)13-7-8-21-10-13/h7-8,10-12,14-15,17H,5-6,9H2,1-4H3. The molecule has 118 valence electrons. The molecular weight excluding hydrogens is 284 g/mol. The van der Waals surface area contributed by atoms with Gasteiger partial charge in [-0.15, -0.1) is 0 Å². The average Bonchev–Trinajstić information content (AvgIpc) is 3.08. The zero-order valence-electron chi connectivity index (χ0n) is 13.3. The van der Waals surface area contributed by atoms with Crippen molar-refractivity contribution in [2.24, 2.45) is 5.92 Å². The maximum Gasteiger partial charge on any atom is 0.241 e. The third-order valence-corrected chi connectivity index (χ3v) is 4.88. The van der Waals surface area contributed by atoms with Gasteiger partial charge in [-0.3, -0.25) is 10.1 Å². The van der Waals surface area contributed by atoms with Gasteiger partial charge in [0.25, 0.3) is 0 Å². The number of ether oxygens (including phenoxy) is 1. The first kappa shape index (κ1) is 16.5.